The zero-order chi connectivity index (χ0) is 14.5. The second-order valence-corrected chi connectivity index (χ2v) is 5.16. The minimum Gasteiger partial charge on any atom is -0.399 e. The standard InChI is InChI=1S/C17H20N2O/c1-13-4-3-5-15(10-13)12-19(2)17(20)11-14-6-8-16(18)9-7-14/h3-10H,11-12,18H2,1-2H3. The Bertz CT molecular complexity index is 590. The van der Waals surface area contributed by atoms with Gasteiger partial charge in [-0.15, -0.1) is 0 Å². The van der Waals surface area contributed by atoms with Crippen LogP contribution in [0.25, 0.3) is 0 Å². The quantitative estimate of drug-likeness (QED) is 0.867. The minimum absolute atomic E-state index is 0.108. The predicted molar refractivity (Wildman–Crippen MR) is 82.2 cm³/mol. The monoisotopic (exact) mass is 268 g/mol. The summed E-state index contributed by atoms with van der Waals surface area (Å²) < 4.78 is 0. The molecule has 20 heavy (non-hydrogen) atoms. The van der Waals surface area contributed by atoms with Crippen molar-refractivity contribution in [3.63, 3.8) is 0 Å². The fourth-order valence-corrected chi connectivity index (χ4v) is 2.12. The predicted octanol–water partition coefficient (Wildman–Crippen LogP) is 2.78. The molecule has 0 radical (unpaired) electrons. The third kappa shape index (κ3) is 3.85. The molecule has 0 fully saturated rings. The smallest absolute Gasteiger partial charge is 0.227 e. The highest BCUT2D eigenvalue weighted by Crippen LogP contribution is 2.10. The van der Waals surface area contributed by atoms with E-state index in [9.17, 15) is 4.79 Å². The van der Waals surface area contributed by atoms with Gasteiger partial charge in [0.25, 0.3) is 0 Å². The third-order valence-electron chi connectivity index (χ3n) is 3.26. The summed E-state index contributed by atoms with van der Waals surface area (Å²) in [6, 6.07) is 15.7. The Hall–Kier alpha value is -2.29. The minimum atomic E-state index is 0.108. The number of benzene rings is 2. The van der Waals surface area contributed by atoms with Crippen LogP contribution in [0.3, 0.4) is 0 Å². The largest absolute Gasteiger partial charge is 0.399 e. The number of aryl methyl sites for hydroxylation is 1. The van der Waals surface area contributed by atoms with Crippen molar-refractivity contribution in [3.05, 3.63) is 65.2 Å². The van der Waals surface area contributed by atoms with Gasteiger partial charge in [0.15, 0.2) is 0 Å². The van der Waals surface area contributed by atoms with Crippen molar-refractivity contribution in [1.82, 2.24) is 4.90 Å². The van der Waals surface area contributed by atoms with Crippen LogP contribution in [-0.2, 0) is 17.8 Å². The molecule has 0 heterocycles. The molecule has 0 aliphatic carbocycles. The number of nitrogens with two attached hydrogens (primary N) is 1. The first-order valence-corrected chi connectivity index (χ1v) is 6.68. The summed E-state index contributed by atoms with van der Waals surface area (Å²) in [5.74, 6) is 0.108. The molecule has 0 aliphatic heterocycles. The number of nitrogens with zero attached hydrogens (tertiary/aromatic N) is 1. The summed E-state index contributed by atoms with van der Waals surface area (Å²) in [4.78, 5) is 13.9. The van der Waals surface area contributed by atoms with Gasteiger partial charge in [-0.1, -0.05) is 42.0 Å². The van der Waals surface area contributed by atoms with Crippen molar-refractivity contribution in [3.8, 4) is 0 Å². The maximum Gasteiger partial charge on any atom is 0.227 e. The molecule has 3 nitrogen and oxygen atoms in total. The maximum atomic E-state index is 12.2. The van der Waals surface area contributed by atoms with Gasteiger partial charge in [0.05, 0.1) is 6.42 Å². The van der Waals surface area contributed by atoms with Crippen molar-refractivity contribution in [2.45, 2.75) is 19.9 Å². The number of likely N-dealkylation sites (N-methyl/N-ethyl adjacent to an activating group) is 1. The summed E-state index contributed by atoms with van der Waals surface area (Å²) in [6.07, 6.45) is 0.405. The van der Waals surface area contributed by atoms with E-state index in [4.69, 9.17) is 5.73 Å². The van der Waals surface area contributed by atoms with E-state index >= 15 is 0 Å². The van der Waals surface area contributed by atoms with Crippen LogP contribution in [-0.4, -0.2) is 17.9 Å². The van der Waals surface area contributed by atoms with E-state index in [0.717, 1.165) is 11.1 Å². The normalized spacial score (nSPS) is 10.3. The fourth-order valence-electron chi connectivity index (χ4n) is 2.12. The van der Waals surface area contributed by atoms with E-state index in [2.05, 4.69) is 19.1 Å². The Morgan fingerprint density at radius 3 is 2.45 bits per heavy atom. The van der Waals surface area contributed by atoms with Gasteiger partial charge in [-0.25, -0.2) is 0 Å². The van der Waals surface area contributed by atoms with E-state index in [-0.39, 0.29) is 5.91 Å². The lowest BCUT2D eigenvalue weighted by atomic mass is 10.1. The molecule has 2 N–H and O–H groups in total. The molecule has 2 rings (SSSR count). The molecule has 1 amide bonds. The number of anilines is 1. The highest BCUT2D eigenvalue weighted by atomic mass is 16.2. The second kappa shape index (κ2) is 6.24. The van der Waals surface area contributed by atoms with Gasteiger partial charge in [0.2, 0.25) is 5.91 Å². The van der Waals surface area contributed by atoms with Crippen LogP contribution in [0.1, 0.15) is 16.7 Å². The molecule has 0 unspecified atom stereocenters. The highest BCUT2D eigenvalue weighted by Gasteiger charge is 2.10. The van der Waals surface area contributed by atoms with Gasteiger partial charge in [-0.2, -0.15) is 0 Å². The third-order valence-corrected chi connectivity index (χ3v) is 3.26. The average molecular weight is 268 g/mol. The SMILES string of the molecule is Cc1cccc(CN(C)C(=O)Cc2ccc(N)cc2)c1. The number of carbonyl (C=O) groups excluding carboxylic acids is 1. The Morgan fingerprint density at radius 2 is 1.80 bits per heavy atom. The van der Waals surface area contributed by atoms with Crippen LogP contribution < -0.4 is 5.73 Å². The summed E-state index contributed by atoms with van der Waals surface area (Å²) in [6.45, 7) is 2.69. The lowest BCUT2D eigenvalue weighted by molar-refractivity contribution is -0.129. The van der Waals surface area contributed by atoms with Gasteiger partial charge < -0.3 is 10.6 Å². The maximum absolute atomic E-state index is 12.2. The van der Waals surface area contributed by atoms with E-state index in [1.165, 1.54) is 5.56 Å². The molecular formula is C17H20N2O. The first-order chi connectivity index (χ1) is 9.54. The van der Waals surface area contributed by atoms with Crippen LogP contribution in [0, 0.1) is 6.92 Å². The van der Waals surface area contributed by atoms with Gasteiger partial charge in [0, 0.05) is 19.3 Å². The first kappa shape index (κ1) is 14.1. The summed E-state index contributed by atoms with van der Waals surface area (Å²) in [5, 5.41) is 0. The van der Waals surface area contributed by atoms with E-state index in [1.54, 1.807) is 4.90 Å². The molecular weight excluding hydrogens is 248 g/mol. The van der Waals surface area contributed by atoms with E-state index in [1.807, 2.05) is 43.4 Å². The van der Waals surface area contributed by atoms with Crippen molar-refractivity contribution in [2.24, 2.45) is 0 Å². The zero-order valence-corrected chi connectivity index (χ0v) is 12.0. The fraction of sp³-hybridized carbons (Fsp3) is 0.235. The van der Waals surface area contributed by atoms with E-state index in [0.29, 0.717) is 18.7 Å². The number of amides is 1. The summed E-state index contributed by atoms with van der Waals surface area (Å²) >= 11 is 0. The Kier molecular flexibility index (Phi) is 4.41. The number of carbonyl (C=O) groups is 1. The van der Waals surface area contributed by atoms with Crippen molar-refractivity contribution >= 4 is 11.6 Å². The second-order valence-electron chi connectivity index (χ2n) is 5.16. The molecule has 0 aliphatic rings. The van der Waals surface area contributed by atoms with Crippen molar-refractivity contribution < 1.29 is 4.79 Å². The van der Waals surface area contributed by atoms with Gasteiger partial charge in [-0.3, -0.25) is 4.79 Å². The Labute approximate surface area is 120 Å². The molecule has 104 valence electrons. The molecule has 3 heteroatoms. The number of nitrogen functional groups attached to an aromatic ring is 1. The summed E-state index contributed by atoms with van der Waals surface area (Å²) in [7, 11) is 1.84. The topological polar surface area (TPSA) is 46.3 Å². The first-order valence-electron chi connectivity index (χ1n) is 6.68. The highest BCUT2D eigenvalue weighted by molar-refractivity contribution is 5.78. The molecule has 2 aromatic rings. The van der Waals surface area contributed by atoms with Crippen LogP contribution in [0.2, 0.25) is 0 Å². The number of rotatable bonds is 4. The van der Waals surface area contributed by atoms with Crippen molar-refractivity contribution in [2.75, 3.05) is 12.8 Å². The van der Waals surface area contributed by atoms with Crippen LogP contribution >= 0.6 is 0 Å². The number of hydrogen-bond donors (Lipinski definition) is 1. The van der Waals surface area contributed by atoms with Crippen LogP contribution in [0.15, 0.2) is 48.5 Å². The lowest BCUT2D eigenvalue weighted by Crippen LogP contribution is -2.27. The molecule has 0 aromatic heterocycles. The van der Waals surface area contributed by atoms with Gasteiger partial charge in [-0.05, 0) is 30.2 Å². The lowest BCUT2D eigenvalue weighted by Gasteiger charge is -2.17. The Morgan fingerprint density at radius 1 is 1.10 bits per heavy atom. The summed E-state index contributed by atoms with van der Waals surface area (Å²) in [5.41, 5.74) is 9.70. The number of hydrogen-bond acceptors (Lipinski definition) is 2. The average Bonchev–Trinajstić information content (AvgIpc) is 2.41. The molecule has 0 atom stereocenters. The molecule has 0 saturated heterocycles. The van der Waals surface area contributed by atoms with Gasteiger partial charge in [0.1, 0.15) is 0 Å². The zero-order valence-electron chi connectivity index (χ0n) is 12.0. The molecule has 0 bridgehead atoms. The molecule has 2 aromatic carbocycles. The molecule has 0 saturated carbocycles. The van der Waals surface area contributed by atoms with Gasteiger partial charge >= 0.3 is 0 Å². The Balaban J connectivity index is 1.96. The van der Waals surface area contributed by atoms with E-state index < -0.39 is 0 Å². The van der Waals surface area contributed by atoms with Crippen LogP contribution in [0.4, 0.5) is 5.69 Å². The van der Waals surface area contributed by atoms with Crippen molar-refractivity contribution in [1.29, 1.82) is 0 Å². The molecule has 0 spiro atoms. The van der Waals surface area contributed by atoms with Crippen LogP contribution in [0.5, 0.6) is 0 Å².